The maximum absolute atomic E-state index is 6.04. The summed E-state index contributed by atoms with van der Waals surface area (Å²) < 4.78 is 14.9. The third kappa shape index (κ3) is 4.83. The Kier molecular flexibility index (Phi) is 6.73. The first-order chi connectivity index (χ1) is 15.2. The number of rotatable bonds is 9. The highest BCUT2D eigenvalue weighted by Gasteiger charge is 2.12. The van der Waals surface area contributed by atoms with E-state index >= 15 is 0 Å². The van der Waals surface area contributed by atoms with E-state index in [0.717, 1.165) is 63.3 Å². The highest BCUT2D eigenvalue weighted by molar-refractivity contribution is 9.10. The summed E-state index contributed by atoms with van der Waals surface area (Å²) in [6.45, 7) is 5.19. The highest BCUT2D eigenvalue weighted by Crippen LogP contribution is 2.29. The van der Waals surface area contributed by atoms with Gasteiger partial charge in [0.15, 0.2) is 11.5 Å². The van der Waals surface area contributed by atoms with Gasteiger partial charge in [-0.3, -0.25) is 0 Å². The molecule has 0 aliphatic heterocycles. The Morgan fingerprint density at radius 2 is 1.84 bits per heavy atom. The number of methoxy groups -OCH3 is 1. The minimum atomic E-state index is 0.587. The molecule has 0 spiro atoms. The van der Waals surface area contributed by atoms with Crippen LogP contribution in [-0.2, 0) is 13.0 Å². The summed E-state index contributed by atoms with van der Waals surface area (Å²) in [7, 11) is 1.67. The molecule has 1 heterocycles. The summed E-state index contributed by atoms with van der Waals surface area (Å²) in [4.78, 5) is 4.88. The van der Waals surface area contributed by atoms with Gasteiger partial charge < -0.3 is 14.0 Å². The number of nitrogens with zero attached hydrogens (tertiary/aromatic N) is 2. The van der Waals surface area contributed by atoms with E-state index in [1.54, 1.807) is 7.11 Å². The lowest BCUT2D eigenvalue weighted by molar-refractivity contribution is 0.283. The van der Waals surface area contributed by atoms with Crippen molar-refractivity contribution in [2.75, 3.05) is 13.7 Å². The number of hydrogen-bond donors (Lipinski definition) is 0. The summed E-state index contributed by atoms with van der Waals surface area (Å²) in [6, 6.07) is 22.6. The Labute approximate surface area is 191 Å². The second kappa shape index (κ2) is 9.84. The van der Waals surface area contributed by atoms with Crippen LogP contribution in [0.2, 0.25) is 0 Å². The molecule has 0 radical (unpaired) electrons. The molecule has 0 aliphatic rings. The molecular formula is C26H25BrN2O2. The molecule has 0 bridgehead atoms. The first kappa shape index (κ1) is 21.2. The monoisotopic (exact) mass is 476 g/mol. The number of benzene rings is 3. The molecule has 0 N–H and O–H groups in total. The van der Waals surface area contributed by atoms with E-state index in [0.29, 0.717) is 6.61 Å². The van der Waals surface area contributed by atoms with Gasteiger partial charge >= 0.3 is 0 Å². The lowest BCUT2D eigenvalue weighted by Gasteiger charge is -2.13. The molecule has 1 aromatic heterocycles. The zero-order valence-electron chi connectivity index (χ0n) is 17.6. The van der Waals surface area contributed by atoms with Gasteiger partial charge in [0, 0.05) is 16.6 Å². The Balaban J connectivity index is 1.50. The Bertz CT molecular complexity index is 1180. The lowest BCUT2D eigenvalue weighted by Crippen LogP contribution is -2.06. The molecule has 5 heteroatoms. The summed E-state index contributed by atoms with van der Waals surface area (Å²) >= 11 is 3.51. The van der Waals surface area contributed by atoms with Crippen molar-refractivity contribution in [1.82, 2.24) is 9.55 Å². The average molecular weight is 477 g/mol. The number of ether oxygens (including phenoxy) is 2. The molecule has 4 rings (SSSR count). The number of imidazole rings is 1. The number of halogens is 1. The minimum Gasteiger partial charge on any atom is -0.493 e. The molecule has 0 saturated heterocycles. The molecule has 0 saturated carbocycles. The van der Waals surface area contributed by atoms with E-state index in [4.69, 9.17) is 14.5 Å². The van der Waals surface area contributed by atoms with Crippen LogP contribution >= 0.6 is 15.9 Å². The lowest BCUT2D eigenvalue weighted by atomic mass is 10.1. The van der Waals surface area contributed by atoms with Gasteiger partial charge in [0.25, 0.3) is 0 Å². The zero-order valence-corrected chi connectivity index (χ0v) is 19.1. The molecule has 0 unspecified atom stereocenters. The molecule has 158 valence electrons. The molecule has 0 atom stereocenters. The highest BCUT2D eigenvalue weighted by atomic mass is 79.9. The van der Waals surface area contributed by atoms with Crippen LogP contribution in [0, 0.1) is 0 Å². The van der Waals surface area contributed by atoms with Gasteiger partial charge in [0.1, 0.15) is 5.82 Å². The second-order valence-corrected chi connectivity index (χ2v) is 8.18. The fourth-order valence-electron chi connectivity index (χ4n) is 3.65. The van der Waals surface area contributed by atoms with Crippen LogP contribution in [0.3, 0.4) is 0 Å². The molecule has 31 heavy (non-hydrogen) atoms. The largest absolute Gasteiger partial charge is 0.493 e. The molecule has 4 nitrogen and oxygen atoms in total. The van der Waals surface area contributed by atoms with Gasteiger partial charge in [-0.25, -0.2) is 4.98 Å². The Morgan fingerprint density at radius 1 is 1.03 bits per heavy atom. The predicted molar refractivity (Wildman–Crippen MR) is 130 cm³/mol. The van der Waals surface area contributed by atoms with E-state index in [9.17, 15) is 0 Å². The maximum Gasteiger partial charge on any atom is 0.161 e. The fraction of sp³-hybridized carbons (Fsp3) is 0.192. The van der Waals surface area contributed by atoms with Gasteiger partial charge in [0.2, 0.25) is 0 Å². The molecule has 3 aromatic carbocycles. The maximum atomic E-state index is 6.04. The summed E-state index contributed by atoms with van der Waals surface area (Å²) in [6.07, 6.45) is 3.54. The van der Waals surface area contributed by atoms with E-state index in [2.05, 4.69) is 63.5 Å². The van der Waals surface area contributed by atoms with Crippen molar-refractivity contribution in [2.24, 2.45) is 0 Å². The van der Waals surface area contributed by atoms with Crippen molar-refractivity contribution in [1.29, 1.82) is 0 Å². The standard InChI is InChI=1S/C26H25BrN2O2/c1-3-7-19-10-15-24(25(18-19)30-2)31-17-6-16-29-23-9-5-4-8-22(23)28-26(29)20-11-13-21(27)14-12-20/h3-5,8-15,18H,1,6-7,16-17H2,2H3. The van der Waals surface area contributed by atoms with Crippen LogP contribution in [-0.4, -0.2) is 23.3 Å². The van der Waals surface area contributed by atoms with Crippen LogP contribution in [0.1, 0.15) is 12.0 Å². The third-order valence-corrected chi connectivity index (χ3v) is 5.68. The predicted octanol–water partition coefficient (Wildman–Crippen LogP) is 6.67. The zero-order chi connectivity index (χ0) is 21.6. The van der Waals surface area contributed by atoms with Crippen LogP contribution in [0.5, 0.6) is 11.5 Å². The van der Waals surface area contributed by atoms with E-state index in [-0.39, 0.29) is 0 Å². The summed E-state index contributed by atoms with van der Waals surface area (Å²) in [5, 5.41) is 0. The van der Waals surface area contributed by atoms with Crippen molar-refractivity contribution < 1.29 is 9.47 Å². The quantitative estimate of drug-likeness (QED) is 0.200. The van der Waals surface area contributed by atoms with Gasteiger partial charge in [-0.1, -0.05) is 52.3 Å². The van der Waals surface area contributed by atoms with E-state index in [1.165, 1.54) is 0 Å². The third-order valence-electron chi connectivity index (χ3n) is 5.15. The number of aromatic nitrogens is 2. The Hall–Kier alpha value is -3.05. The fourth-order valence-corrected chi connectivity index (χ4v) is 3.92. The van der Waals surface area contributed by atoms with Crippen LogP contribution < -0.4 is 9.47 Å². The molecule has 0 amide bonds. The molecule has 0 fully saturated rings. The number of para-hydroxylation sites is 2. The first-order valence-corrected chi connectivity index (χ1v) is 11.1. The normalized spacial score (nSPS) is 10.9. The van der Waals surface area contributed by atoms with E-state index in [1.807, 2.05) is 36.4 Å². The Morgan fingerprint density at radius 3 is 2.61 bits per heavy atom. The summed E-state index contributed by atoms with van der Waals surface area (Å²) in [5.74, 6) is 2.49. The van der Waals surface area contributed by atoms with Crippen molar-refractivity contribution >= 4 is 27.0 Å². The van der Waals surface area contributed by atoms with Crippen LogP contribution in [0.4, 0.5) is 0 Å². The van der Waals surface area contributed by atoms with Crippen molar-refractivity contribution in [3.8, 4) is 22.9 Å². The first-order valence-electron chi connectivity index (χ1n) is 10.3. The summed E-state index contributed by atoms with van der Waals surface area (Å²) in [5.41, 5.74) is 4.38. The van der Waals surface area contributed by atoms with E-state index < -0.39 is 0 Å². The van der Waals surface area contributed by atoms with Gasteiger partial charge in [-0.15, -0.1) is 6.58 Å². The van der Waals surface area contributed by atoms with Gasteiger partial charge in [-0.05, 0) is 54.8 Å². The van der Waals surface area contributed by atoms with Crippen molar-refractivity contribution in [3.63, 3.8) is 0 Å². The molecule has 4 aromatic rings. The van der Waals surface area contributed by atoms with Crippen LogP contribution in [0.25, 0.3) is 22.4 Å². The average Bonchev–Trinajstić information content (AvgIpc) is 3.16. The van der Waals surface area contributed by atoms with Gasteiger partial charge in [0.05, 0.1) is 24.8 Å². The minimum absolute atomic E-state index is 0.587. The number of hydrogen-bond acceptors (Lipinski definition) is 3. The van der Waals surface area contributed by atoms with Crippen LogP contribution in [0.15, 0.2) is 83.9 Å². The number of fused-ring (bicyclic) bond motifs is 1. The number of aryl methyl sites for hydroxylation is 1. The van der Waals surface area contributed by atoms with Crippen molar-refractivity contribution in [3.05, 3.63) is 89.4 Å². The SMILES string of the molecule is C=CCc1ccc(OCCCn2c(-c3ccc(Br)cc3)nc3ccccc32)c(OC)c1. The topological polar surface area (TPSA) is 36.3 Å². The smallest absolute Gasteiger partial charge is 0.161 e. The molecule has 0 aliphatic carbocycles. The second-order valence-electron chi connectivity index (χ2n) is 7.26. The number of allylic oxidation sites excluding steroid dienone is 1. The molecular weight excluding hydrogens is 452 g/mol. The van der Waals surface area contributed by atoms with Crippen molar-refractivity contribution in [2.45, 2.75) is 19.4 Å². The van der Waals surface area contributed by atoms with Gasteiger partial charge in [-0.2, -0.15) is 0 Å².